The number of aliphatic hydroxyl groups excluding tert-OH is 1. The van der Waals surface area contributed by atoms with E-state index < -0.39 is 30.4 Å². The lowest BCUT2D eigenvalue weighted by atomic mass is 10.1. The molecule has 2 unspecified atom stereocenters. The molecule has 0 amide bonds. The average molecular weight is 292 g/mol. The maximum Gasteiger partial charge on any atom is 0.331 e. The minimum Gasteiger partial charge on any atom is -0.508 e. The zero-order chi connectivity index (χ0) is 14.8. The molecule has 0 spiro atoms. The predicted molar refractivity (Wildman–Crippen MR) is 72.5 cm³/mol. The van der Waals surface area contributed by atoms with Gasteiger partial charge in [-0.15, -0.1) is 0 Å². The van der Waals surface area contributed by atoms with Crippen LogP contribution in [0, 0.1) is 0 Å². The molecule has 0 radical (unpaired) electrons. The molecular formula is C15H16O6. The summed E-state index contributed by atoms with van der Waals surface area (Å²) < 4.78 is 16.0. The molecule has 6 nitrogen and oxygen atoms in total. The highest BCUT2D eigenvalue weighted by Gasteiger charge is 2.48. The molecule has 21 heavy (non-hydrogen) atoms. The molecule has 4 atom stereocenters. The number of benzene rings is 1. The summed E-state index contributed by atoms with van der Waals surface area (Å²) in [4.78, 5) is 11.8. The Kier molecular flexibility index (Phi) is 3.92. The molecule has 3 rings (SSSR count). The van der Waals surface area contributed by atoms with E-state index in [1.165, 1.54) is 18.2 Å². The third-order valence-electron chi connectivity index (χ3n) is 3.55. The maximum absolute atomic E-state index is 11.8. The summed E-state index contributed by atoms with van der Waals surface area (Å²) in [6, 6.07) is 6.44. The van der Waals surface area contributed by atoms with Crippen LogP contribution in [0.2, 0.25) is 0 Å². The monoisotopic (exact) mass is 292 g/mol. The van der Waals surface area contributed by atoms with E-state index >= 15 is 0 Å². The van der Waals surface area contributed by atoms with E-state index in [2.05, 4.69) is 0 Å². The van der Waals surface area contributed by atoms with E-state index in [1.54, 1.807) is 18.2 Å². The molecule has 0 saturated carbocycles. The Labute approximate surface area is 121 Å². The lowest BCUT2D eigenvalue weighted by molar-refractivity contribution is -0.147. The van der Waals surface area contributed by atoms with Gasteiger partial charge in [0, 0.05) is 6.08 Å². The minimum atomic E-state index is -0.661. The first-order valence-corrected chi connectivity index (χ1v) is 6.72. The second kappa shape index (κ2) is 5.85. The van der Waals surface area contributed by atoms with Crippen LogP contribution in [0.15, 0.2) is 30.3 Å². The van der Waals surface area contributed by atoms with Gasteiger partial charge in [0.15, 0.2) is 6.10 Å². The number of carbonyl (C=O) groups excluding carboxylic acids is 1. The molecule has 2 fully saturated rings. The van der Waals surface area contributed by atoms with Crippen molar-refractivity contribution in [1.29, 1.82) is 0 Å². The van der Waals surface area contributed by atoms with Crippen LogP contribution < -0.4 is 0 Å². The van der Waals surface area contributed by atoms with Crippen molar-refractivity contribution >= 4 is 12.0 Å². The van der Waals surface area contributed by atoms with Crippen molar-refractivity contribution in [3.63, 3.8) is 0 Å². The number of hydrogen-bond acceptors (Lipinski definition) is 6. The number of carbonyl (C=O) groups is 1. The molecule has 1 aromatic rings. The van der Waals surface area contributed by atoms with Gasteiger partial charge in [0.1, 0.15) is 24.1 Å². The number of phenolic OH excluding ortho intramolecular Hbond substituents is 1. The summed E-state index contributed by atoms with van der Waals surface area (Å²) in [5, 5.41) is 18.8. The predicted octanol–water partition coefficient (Wildman–Crippen LogP) is 0.476. The molecule has 0 bridgehead atoms. The second-order valence-electron chi connectivity index (χ2n) is 5.06. The lowest BCUT2D eigenvalue weighted by Crippen LogP contribution is -2.33. The minimum absolute atomic E-state index is 0.167. The summed E-state index contributed by atoms with van der Waals surface area (Å²) in [5.74, 6) is -0.330. The number of phenols is 1. The maximum atomic E-state index is 11.8. The number of aliphatic hydroxyl groups is 1. The fraction of sp³-hybridized carbons (Fsp3) is 0.400. The molecule has 6 heteroatoms. The van der Waals surface area contributed by atoms with Gasteiger partial charge >= 0.3 is 5.97 Å². The Balaban J connectivity index is 1.56. The Bertz CT molecular complexity index is 538. The summed E-state index contributed by atoms with van der Waals surface area (Å²) in [6.45, 7) is 0.428. The Morgan fingerprint density at radius 3 is 2.67 bits per heavy atom. The van der Waals surface area contributed by atoms with Crippen molar-refractivity contribution in [2.75, 3.05) is 13.2 Å². The average Bonchev–Trinajstić information content (AvgIpc) is 3.03. The van der Waals surface area contributed by atoms with E-state index in [9.17, 15) is 9.90 Å². The highest BCUT2D eigenvalue weighted by Crippen LogP contribution is 2.28. The first-order valence-electron chi connectivity index (χ1n) is 6.72. The Morgan fingerprint density at radius 2 is 1.90 bits per heavy atom. The van der Waals surface area contributed by atoms with Gasteiger partial charge in [-0.1, -0.05) is 12.1 Å². The number of ether oxygens (including phenoxy) is 3. The van der Waals surface area contributed by atoms with Gasteiger partial charge in [0.25, 0.3) is 0 Å². The largest absolute Gasteiger partial charge is 0.508 e. The quantitative estimate of drug-likeness (QED) is 0.622. The van der Waals surface area contributed by atoms with Gasteiger partial charge in [0.2, 0.25) is 0 Å². The van der Waals surface area contributed by atoms with Crippen LogP contribution in [0.5, 0.6) is 5.75 Å². The van der Waals surface area contributed by atoms with E-state index in [0.29, 0.717) is 0 Å². The van der Waals surface area contributed by atoms with Gasteiger partial charge in [0.05, 0.1) is 13.2 Å². The van der Waals surface area contributed by atoms with Gasteiger partial charge in [-0.3, -0.25) is 0 Å². The molecule has 112 valence electrons. The molecule has 0 aliphatic carbocycles. The number of esters is 1. The zero-order valence-corrected chi connectivity index (χ0v) is 11.2. The van der Waals surface area contributed by atoms with E-state index in [4.69, 9.17) is 19.3 Å². The van der Waals surface area contributed by atoms with Crippen molar-refractivity contribution in [3.05, 3.63) is 35.9 Å². The van der Waals surface area contributed by atoms with Crippen molar-refractivity contribution < 1.29 is 29.2 Å². The molecule has 1 aromatic carbocycles. The van der Waals surface area contributed by atoms with Gasteiger partial charge < -0.3 is 24.4 Å². The van der Waals surface area contributed by atoms with Gasteiger partial charge in [-0.05, 0) is 23.8 Å². The Morgan fingerprint density at radius 1 is 1.19 bits per heavy atom. The summed E-state index contributed by atoms with van der Waals surface area (Å²) >= 11 is 0. The van der Waals surface area contributed by atoms with E-state index in [-0.39, 0.29) is 19.0 Å². The number of rotatable bonds is 3. The molecule has 2 N–H and O–H groups in total. The summed E-state index contributed by atoms with van der Waals surface area (Å²) in [5.41, 5.74) is 0.776. The van der Waals surface area contributed by atoms with Crippen LogP contribution in [0.1, 0.15) is 5.56 Å². The van der Waals surface area contributed by atoms with E-state index in [1.807, 2.05) is 0 Å². The number of aromatic hydroxyl groups is 1. The fourth-order valence-corrected chi connectivity index (χ4v) is 2.48. The third kappa shape index (κ3) is 3.07. The molecular weight excluding hydrogens is 276 g/mol. The topological polar surface area (TPSA) is 85.2 Å². The van der Waals surface area contributed by atoms with Gasteiger partial charge in [-0.25, -0.2) is 4.79 Å². The third-order valence-corrected chi connectivity index (χ3v) is 3.55. The molecule has 2 aliphatic rings. The smallest absolute Gasteiger partial charge is 0.331 e. The number of fused-ring (bicyclic) bond motifs is 1. The van der Waals surface area contributed by atoms with Crippen molar-refractivity contribution in [2.45, 2.75) is 24.4 Å². The van der Waals surface area contributed by atoms with Crippen LogP contribution in [0.4, 0.5) is 0 Å². The van der Waals surface area contributed by atoms with Gasteiger partial charge in [-0.2, -0.15) is 0 Å². The molecule has 2 heterocycles. The molecule has 2 aliphatic heterocycles. The van der Waals surface area contributed by atoms with Crippen molar-refractivity contribution in [2.24, 2.45) is 0 Å². The summed E-state index contributed by atoms with van der Waals surface area (Å²) in [6.07, 6.45) is 0.940. The van der Waals surface area contributed by atoms with Crippen LogP contribution in [-0.2, 0) is 19.0 Å². The van der Waals surface area contributed by atoms with Crippen molar-refractivity contribution in [1.82, 2.24) is 0 Å². The highest BCUT2D eigenvalue weighted by molar-refractivity contribution is 5.87. The first-order chi connectivity index (χ1) is 10.1. The van der Waals surface area contributed by atoms with Crippen LogP contribution in [-0.4, -0.2) is 53.8 Å². The molecule has 0 aromatic heterocycles. The van der Waals surface area contributed by atoms with E-state index in [0.717, 1.165) is 5.56 Å². The fourth-order valence-electron chi connectivity index (χ4n) is 2.48. The summed E-state index contributed by atoms with van der Waals surface area (Å²) in [7, 11) is 0. The van der Waals surface area contributed by atoms with Crippen molar-refractivity contribution in [3.8, 4) is 5.75 Å². The normalized spacial score (nSPS) is 31.5. The Hall–Kier alpha value is -1.89. The van der Waals surface area contributed by atoms with Crippen LogP contribution in [0.3, 0.4) is 0 Å². The lowest BCUT2D eigenvalue weighted by Gasteiger charge is -2.15. The van der Waals surface area contributed by atoms with Crippen LogP contribution >= 0.6 is 0 Å². The second-order valence-corrected chi connectivity index (χ2v) is 5.06. The number of hydrogen-bond donors (Lipinski definition) is 2. The first kappa shape index (κ1) is 14.1. The zero-order valence-electron chi connectivity index (χ0n) is 11.2. The SMILES string of the molecule is O=C(C=Cc1ccc(O)cc1)O[C@H]1COC2C1OC[C@H]2O. The standard InChI is InChI=1S/C15H16O6/c16-10-4-1-9(2-5-10)3-6-13(18)21-12-8-20-14-11(17)7-19-15(12)14/h1-6,11-12,14-17H,7-8H2/t11-,12+,14?,15?/m1/s1. The van der Waals surface area contributed by atoms with Crippen LogP contribution in [0.25, 0.3) is 6.08 Å². The molecule has 2 saturated heterocycles. The highest BCUT2D eigenvalue weighted by atomic mass is 16.6.